The van der Waals surface area contributed by atoms with E-state index in [0.717, 1.165) is 27.3 Å². The Morgan fingerprint density at radius 1 is 0.895 bits per heavy atom. The lowest BCUT2D eigenvalue weighted by molar-refractivity contribution is -0.384. The number of nitro groups is 1. The molecule has 11 nitrogen and oxygen atoms in total. The van der Waals surface area contributed by atoms with Crippen LogP contribution in [0.25, 0.3) is 0 Å². The van der Waals surface area contributed by atoms with Crippen molar-refractivity contribution in [1.29, 1.82) is 0 Å². The van der Waals surface area contributed by atoms with E-state index >= 15 is 0 Å². The van der Waals surface area contributed by atoms with Crippen molar-refractivity contribution >= 4 is 23.5 Å². The van der Waals surface area contributed by atoms with Crippen LogP contribution in [0.2, 0.25) is 0 Å². The molecule has 1 aromatic heterocycles. The number of nitrogens with zero attached hydrogens (tertiary/aromatic N) is 4. The van der Waals surface area contributed by atoms with E-state index in [0.29, 0.717) is 26.3 Å². The summed E-state index contributed by atoms with van der Waals surface area (Å²) in [5.74, 6) is 1.42. The van der Waals surface area contributed by atoms with Crippen LogP contribution < -0.4 is 20.1 Å². The smallest absolute Gasteiger partial charge is 0.281 e. The number of benzene rings is 3. The lowest BCUT2D eigenvalue weighted by atomic mass is 10.2. The van der Waals surface area contributed by atoms with Gasteiger partial charge in [-0.1, -0.05) is 30.3 Å². The van der Waals surface area contributed by atoms with Gasteiger partial charge in [-0.3, -0.25) is 14.9 Å². The first-order valence-corrected chi connectivity index (χ1v) is 12.1. The molecule has 196 valence electrons. The molecule has 0 aliphatic carbocycles. The van der Waals surface area contributed by atoms with Crippen LogP contribution in [0.15, 0.2) is 72.8 Å². The summed E-state index contributed by atoms with van der Waals surface area (Å²) in [5.41, 5.74) is 1.84. The summed E-state index contributed by atoms with van der Waals surface area (Å²) in [6, 6.07) is 20.7. The fourth-order valence-corrected chi connectivity index (χ4v) is 3.62. The quantitative estimate of drug-likeness (QED) is 0.199. The maximum atomic E-state index is 13.3. The minimum Gasteiger partial charge on any atom is -0.494 e. The van der Waals surface area contributed by atoms with E-state index in [1.54, 1.807) is 0 Å². The number of hydrogen-bond acceptors (Lipinski definition) is 9. The molecule has 4 rings (SSSR count). The standard InChI is InChI=1S/C27H28N6O5/c1-3-37-23-12-8-19(9-13-23)17-28-26-30-27(29-18-20-10-14-24(15-11-20)38-4-2)32(31-26)25(34)21-6-5-7-22(16-21)33(35)36/h5-16H,3-4,17-18H2,1-2H3,(H2,28,29,30,31). The molecule has 0 saturated carbocycles. The molecular formula is C27H28N6O5. The van der Waals surface area contributed by atoms with Crippen LogP contribution in [0, 0.1) is 10.1 Å². The molecule has 11 heteroatoms. The Labute approximate surface area is 219 Å². The number of rotatable bonds is 12. The molecule has 0 saturated heterocycles. The number of aromatic nitrogens is 3. The average molecular weight is 517 g/mol. The zero-order valence-electron chi connectivity index (χ0n) is 21.1. The summed E-state index contributed by atoms with van der Waals surface area (Å²) in [5, 5.41) is 21.8. The number of hydrogen-bond donors (Lipinski definition) is 2. The Morgan fingerprint density at radius 3 is 2.03 bits per heavy atom. The first-order chi connectivity index (χ1) is 18.5. The number of non-ortho nitro benzene ring substituents is 1. The van der Waals surface area contributed by atoms with Gasteiger partial charge in [-0.25, -0.2) is 0 Å². The molecule has 3 aromatic carbocycles. The molecule has 0 fully saturated rings. The Kier molecular flexibility index (Phi) is 8.50. The second kappa shape index (κ2) is 12.3. The van der Waals surface area contributed by atoms with E-state index in [-0.39, 0.29) is 23.1 Å². The Bertz CT molecular complexity index is 1390. The van der Waals surface area contributed by atoms with Crippen LogP contribution in [-0.2, 0) is 13.1 Å². The zero-order valence-corrected chi connectivity index (χ0v) is 21.1. The van der Waals surface area contributed by atoms with Gasteiger partial charge >= 0.3 is 0 Å². The topological polar surface area (TPSA) is 133 Å². The lowest BCUT2D eigenvalue weighted by Crippen LogP contribution is -2.18. The third-order valence-electron chi connectivity index (χ3n) is 5.47. The van der Waals surface area contributed by atoms with E-state index in [1.807, 2.05) is 62.4 Å². The fraction of sp³-hybridized carbons (Fsp3) is 0.222. The number of nitrogens with one attached hydrogen (secondary N) is 2. The minimum absolute atomic E-state index is 0.117. The van der Waals surface area contributed by atoms with Crippen LogP contribution in [0.1, 0.15) is 35.3 Å². The van der Waals surface area contributed by atoms with Gasteiger partial charge in [-0.15, -0.1) is 5.10 Å². The van der Waals surface area contributed by atoms with E-state index in [1.165, 1.54) is 24.3 Å². The van der Waals surface area contributed by atoms with Crippen LogP contribution in [-0.4, -0.2) is 38.8 Å². The molecule has 2 N–H and O–H groups in total. The highest BCUT2D eigenvalue weighted by Gasteiger charge is 2.20. The molecule has 0 atom stereocenters. The van der Waals surface area contributed by atoms with Gasteiger partial charge in [0.1, 0.15) is 11.5 Å². The molecule has 1 heterocycles. The summed E-state index contributed by atoms with van der Waals surface area (Å²) < 4.78 is 12.1. The first-order valence-electron chi connectivity index (χ1n) is 12.1. The summed E-state index contributed by atoms with van der Waals surface area (Å²) in [4.78, 5) is 28.4. The average Bonchev–Trinajstić information content (AvgIpc) is 3.35. The van der Waals surface area contributed by atoms with Crippen LogP contribution >= 0.6 is 0 Å². The van der Waals surface area contributed by atoms with Crippen molar-refractivity contribution in [3.8, 4) is 11.5 Å². The molecule has 0 unspecified atom stereocenters. The van der Waals surface area contributed by atoms with Crippen molar-refractivity contribution in [2.75, 3.05) is 23.8 Å². The van der Waals surface area contributed by atoms with Gasteiger partial charge in [-0.2, -0.15) is 9.67 Å². The van der Waals surface area contributed by atoms with Crippen LogP contribution in [0.4, 0.5) is 17.6 Å². The van der Waals surface area contributed by atoms with E-state index in [9.17, 15) is 14.9 Å². The monoisotopic (exact) mass is 516 g/mol. The van der Waals surface area contributed by atoms with Crippen LogP contribution in [0.3, 0.4) is 0 Å². The lowest BCUT2D eigenvalue weighted by Gasteiger charge is -2.08. The predicted molar refractivity (Wildman–Crippen MR) is 143 cm³/mol. The largest absolute Gasteiger partial charge is 0.494 e. The highest BCUT2D eigenvalue weighted by Crippen LogP contribution is 2.19. The molecule has 0 spiro atoms. The first kappa shape index (κ1) is 26.1. The van der Waals surface area contributed by atoms with Gasteiger partial charge in [0.25, 0.3) is 11.6 Å². The minimum atomic E-state index is -0.551. The Balaban J connectivity index is 1.55. The van der Waals surface area contributed by atoms with Crippen molar-refractivity contribution in [2.45, 2.75) is 26.9 Å². The Hall–Kier alpha value is -4.93. The molecular weight excluding hydrogens is 488 g/mol. The molecule has 0 radical (unpaired) electrons. The number of carbonyl (C=O) groups excluding carboxylic acids is 1. The molecule has 0 bridgehead atoms. The molecule has 4 aromatic rings. The SMILES string of the molecule is CCOc1ccc(CNc2nc(NCc3ccc(OCC)cc3)n(C(=O)c3cccc([N+](=O)[O-])c3)n2)cc1. The van der Waals surface area contributed by atoms with Crippen LogP contribution in [0.5, 0.6) is 11.5 Å². The third-order valence-corrected chi connectivity index (χ3v) is 5.47. The van der Waals surface area contributed by atoms with Crippen molar-refractivity contribution in [3.63, 3.8) is 0 Å². The zero-order chi connectivity index (χ0) is 26.9. The maximum absolute atomic E-state index is 13.3. The molecule has 38 heavy (non-hydrogen) atoms. The number of nitro benzene ring substituents is 1. The summed E-state index contributed by atoms with van der Waals surface area (Å²) in [6.45, 7) is 5.79. The second-order valence-corrected chi connectivity index (χ2v) is 8.14. The van der Waals surface area contributed by atoms with E-state index in [4.69, 9.17) is 9.47 Å². The molecule has 0 aliphatic heterocycles. The van der Waals surface area contributed by atoms with Gasteiger partial charge in [-0.05, 0) is 55.3 Å². The van der Waals surface area contributed by atoms with Gasteiger partial charge in [0, 0.05) is 30.8 Å². The van der Waals surface area contributed by atoms with Gasteiger partial charge in [0.2, 0.25) is 11.9 Å². The number of anilines is 2. The predicted octanol–water partition coefficient (Wildman–Crippen LogP) is 4.90. The number of ether oxygens (including phenoxy) is 2. The maximum Gasteiger partial charge on any atom is 0.281 e. The fourth-order valence-electron chi connectivity index (χ4n) is 3.62. The van der Waals surface area contributed by atoms with Gasteiger partial charge in [0.05, 0.1) is 18.1 Å². The summed E-state index contributed by atoms with van der Waals surface area (Å²) in [6.07, 6.45) is 0. The Morgan fingerprint density at radius 2 is 1.47 bits per heavy atom. The van der Waals surface area contributed by atoms with Crippen molar-refractivity contribution in [1.82, 2.24) is 14.8 Å². The normalized spacial score (nSPS) is 10.6. The van der Waals surface area contributed by atoms with E-state index in [2.05, 4.69) is 20.7 Å². The van der Waals surface area contributed by atoms with E-state index < -0.39 is 10.8 Å². The molecule has 0 aliphatic rings. The van der Waals surface area contributed by atoms with Gasteiger partial charge in [0.15, 0.2) is 0 Å². The third kappa shape index (κ3) is 6.64. The van der Waals surface area contributed by atoms with Crippen molar-refractivity contribution in [2.24, 2.45) is 0 Å². The highest BCUT2D eigenvalue weighted by atomic mass is 16.6. The second-order valence-electron chi connectivity index (χ2n) is 8.14. The number of carbonyl (C=O) groups is 1. The summed E-state index contributed by atoms with van der Waals surface area (Å²) in [7, 11) is 0. The highest BCUT2D eigenvalue weighted by molar-refractivity contribution is 5.97. The molecule has 0 amide bonds. The summed E-state index contributed by atoms with van der Waals surface area (Å²) >= 11 is 0. The van der Waals surface area contributed by atoms with Crippen molar-refractivity contribution in [3.05, 3.63) is 99.6 Å². The van der Waals surface area contributed by atoms with Crippen molar-refractivity contribution < 1.29 is 19.2 Å². The van der Waals surface area contributed by atoms with Gasteiger partial charge < -0.3 is 20.1 Å².